The second-order valence-electron chi connectivity index (χ2n) is 3.98. The Balaban J connectivity index is 2.39. The third-order valence-corrected chi connectivity index (χ3v) is 4.41. The molecule has 1 atom stereocenters. The van der Waals surface area contributed by atoms with E-state index in [9.17, 15) is 5.11 Å². The van der Waals surface area contributed by atoms with Gasteiger partial charge in [0.1, 0.15) is 0 Å². The number of phenolic OH excluding ortho intramolecular Hbond substituents is 1. The lowest BCUT2D eigenvalue weighted by Crippen LogP contribution is -2.35. The molecule has 0 aromatic heterocycles. The SMILES string of the molecule is NC[C@@H]1CCCN1c1cc(I)cc(I)c1O. The summed E-state index contributed by atoms with van der Waals surface area (Å²) in [6.45, 7) is 1.65. The number of anilines is 1. The highest BCUT2D eigenvalue weighted by molar-refractivity contribution is 14.1. The molecule has 1 fully saturated rings. The van der Waals surface area contributed by atoms with Crippen LogP contribution in [0.1, 0.15) is 12.8 Å². The van der Waals surface area contributed by atoms with Crippen molar-refractivity contribution >= 4 is 50.9 Å². The van der Waals surface area contributed by atoms with E-state index in [4.69, 9.17) is 5.73 Å². The summed E-state index contributed by atoms with van der Waals surface area (Å²) in [5.41, 5.74) is 6.70. The monoisotopic (exact) mass is 444 g/mol. The Labute approximate surface area is 123 Å². The zero-order valence-electron chi connectivity index (χ0n) is 8.79. The molecule has 0 bridgehead atoms. The van der Waals surface area contributed by atoms with Crippen molar-refractivity contribution in [1.29, 1.82) is 0 Å². The van der Waals surface area contributed by atoms with Crippen LogP contribution in [0.5, 0.6) is 5.75 Å². The Morgan fingerprint density at radius 3 is 2.88 bits per heavy atom. The minimum absolute atomic E-state index is 0.375. The number of phenols is 1. The fourth-order valence-corrected chi connectivity index (χ4v) is 3.98. The van der Waals surface area contributed by atoms with E-state index in [1.807, 2.05) is 12.1 Å². The number of benzene rings is 1. The highest BCUT2D eigenvalue weighted by Gasteiger charge is 2.26. The van der Waals surface area contributed by atoms with Crippen molar-refractivity contribution in [2.24, 2.45) is 5.73 Å². The maximum absolute atomic E-state index is 10.1. The molecular formula is C11H14I2N2O. The Morgan fingerprint density at radius 2 is 2.19 bits per heavy atom. The minimum Gasteiger partial charge on any atom is -0.505 e. The van der Waals surface area contributed by atoms with Crippen molar-refractivity contribution in [3.05, 3.63) is 19.3 Å². The maximum Gasteiger partial charge on any atom is 0.152 e. The molecule has 1 aliphatic rings. The highest BCUT2D eigenvalue weighted by atomic mass is 127. The Morgan fingerprint density at radius 1 is 1.44 bits per heavy atom. The first-order chi connectivity index (χ1) is 7.63. The Hall–Kier alpha value is 0.240. The number of hydrogen-bond donors (Lipinski definition) is 2. The van der Waals surface area contributed by atoms with Gasteiger partial charge in [-0.15, -0.1) is 0 Å². The summed E-state index contributed by atoms with van der Waals surface area (Å²) in [6.07, 6.45) is 2.28. The van der Waals surface area contributed by atoms with Gasteiger partial charge in [-0.1, -0.05) is 0 Å². The molecule has 2 rings (SSSR count). The van der Waals surface area contributed by atoms with Gasteiger partial charge in [0, 0.05) is 22.7 Å². The van der Waals surface area contributed by atoms with Crippen LogP contribution >= 0.6 is 45.2 Å². The van der Waals surface area contributed by atoms with Gasteiger partial charge < -0.3 is 15.7 Å². The van der Waals surface area contributed by atoms with E-state index in [1.54, 1.807) is 0 Å². The third-order valence-electron chi connectivity index (χ3n) is 2.97. The number of halogens is 2. The van der Waals surface area contributed by atoms with Gasteiger partial charge in [-0.2, -0.15) is 0 Å². The van der Waals surface area contributed by atoms with Crippen LogP contribution in [0.3, 0.4) is 0 Å². The summed E-state index contributed by atoms with van der Waals surface area (Å²) < 4.78 is 2.06. The van der Waals surface area contributed by atoms with Crippen LogP contribution in [0.15, 0.2) is 12.1 Å². The van der Waals surface area contributed by atoms with Crippen molar-refractivity contribution in [2.45, 2.75) is 18.9 Å². The highest BCUT2D eigenvalue weighted by Crippen LogP contribution is 2.37. The molecule has 88 valence electrons. The standard InChI is InChI=1S/C11H14I2N2O/c12-7-4-9(13)11(16)10(5-7)15-3-1-2-8(15)6-14/h4-5,8,16H,1-3,6,14H2/t8-/m0/s1. The molecule has 1 aromatic rings. The predicted octanol–water partition coefficient (Wildman–Crippen LogP) is 2.53. The average molecular weight is 444 g/mol. The zero-order chi connectivity index (χ0) is 11.7. The smallest absolute Gasteiger partial charge is 0.152 e. The number of aromatic hydroxyl groups is 1. The molecule has 1 aliphatic heterocycles. The van der Waals surface area contributed by atoms with Gasteiger partial charge in [0.2, 0.25) is 0 Å². The molecule has 5 heteroatoms. The first kappa shape index (κ1) is 12.7. The van der Waals surface area contributed by atoms with Gasteiger partial charge in [0.25, 0.3) is 0 Å². The van der Waals surface area contributed by atoms with Crippen LogP contribution in [0, 0.1) is 7.14 Å². The maximum atomic E-state index is 10.1. The van der Waals surface area contributed by atoms with Gasteiger partial charge in [0.15, 0.2) is 5.75 Å². The summed E-state index contributed by atoms with van der Waals surface area (Å²) in [7, 11) is 0. The van der Waals surface area contributed by atoms with Crippen LogP contribution in [0.4, 0.5) is 5.69 Å². The van der Waals surface area contributed by atoms with Crippen molar-refractivity contribution in [3.63, 3.8) is 0 Å². The summed E-state index contributed by atoms with van der Waals surface area (Å²) in [6, 6.07) is 4.39. The molecule has 0 amide bonds. The summed E-state index contributed by atoms with van der Waals surface area (Å²) in [5, 5.41) is 10.1. The molecule has 1 aromatic carbocycles. The first-order valence-electron chi connectivity index (χ1n) is 5.28. The fraction of sp³-hybridized carbons (Fsp3) is 0.455. The van der Waals surface area contributed by atoms with Gasteiger partial charge in [-0.05, 0) is 70.2 Å². The molecule has 0 unspecified atom stereocenters. The van der Waals surface area contributed by atoms with Crippen LogP contribution in [-0.2, 0) is 0 Å². The van der Waals surface area contributed by atoms with Gasteiger partial charge in [-0.25, -0.2) is 0 Å². The lowest BCUT2D eigenvalue weighted by atomic mass is 10.2. The van der Waals surface area contributed by atoms with Gasteiger partial charge >= 0.3 is 0 Å². The van der Waals surface area contributed by atoms with E-state index < -0.39 is 0 Å². The largest absolute Gasteiger partial charge is 0.505 e. The lowest BCUT2D eigenvalue weighted by Gasteiger charge is -2.27. The summed E-state index contributed by atoms with van der Waals surface area (Å²) in [5.74, 6) is 0.390. The van der Waals surface area contributed by atoms with Crippen LogP contribution in [-0.4, -0.2) is 24.2 Å². The first-order valence-corrected chi connectivity index (χ1v) is 7.44. The number of rotatable bonds is 2. The molecule has 1 heterocycles. The number of hydrogen-bond acceptors (Lipinski definition) is 3. The molecule has 1 saturated heterocycles. The third kappa shape index (κ3) is 2.40. The van der Waals surface area contributed by atoms with E-state index >= 15 is 0 Å². The van der Waals surface area contributed by atoms with Gasteiger partial charge in [0.05, 0.1) is 9.26 Å². The van der Waals surface area contributed by atoms with E-state index in [1.165, 1.54) is 0 Å². The topological polar surface area (TPSA) is 49.5 Å². The molecular weight excluding hydrogens is 430 g/mol. The van der Waals surface area contributed by atoms with Crippen molar-refractivity contribution in [3.8, 4) is 5.75 Å². The predicted molar refractivity (Wildman–Crippen MR) is 83.0 cm³/mol. The second-order valence-corrected chi connectivity index (χ2v) is 6.39. The van der Waals surface area contributed by atoms with E-state index in [0.717, 1.165) is 32.2 Å². The second kappa shape index (κ2) is 5.26. The summed E-state index contributed by atoms with van der Waals surface area (Å²) in [4.78, 5) is 2.24. The van der Waals surface area contributed by atoms with E-state index in [2.05, 4.69) is 50.1 Å². The Bertz CT molecular complexity index is 398. The molecule has 0 saturated carbocycles. The molecule has 0 radical (unpaired) electrons. The quantitative estimate of drug-likeness (QED) is 0.690. The molecule has 16 heavy (non-hydrogen) atoms. The minimum atomic E-state index is 0.375. The average Bonchev–Trinajstić information content (AvgIpc) is 2.71. The van der Waals surface area contributed by atoms with Crippen LogP contribution in [0.2, 0.25) is 0 Å². The molecule has 0 aliphatic carbocycles. The van der Waals surface area contributed by atoms with Gasteiger partial charge in [-0.3, -0.25) is 0 Å². The Kier molecular flexibility index (Phi) is 4.17. The van der Waals surface area contributed by atoms with Crippen molar-refractivity contribution < 1.29 is 5.11 Å². The van der Waals surface area contributed by atoms with Crippen LogP contribution < -0.4 is 10.6 Å². The molecule has 3 N–H and O–H groups in total. The number of nitrogens with two attached hydrogens (primary N) is 1. The fourth-order valence-electron chi connectivity index (χ4n) is 2.17. The number of nitrogens with zero attached hydrogens (tertiary/aromatic N) is 1. The van der Waals surface area contributed by atoms with Crippen LogP contribution in [0.25, 0.3) is 0 Å². The molecule has 0 spiro atoms. The van der Waals surface area contributed by atoms with Crippen molar-refractivity contribution in [2.75, 3.05) is 18.0 Å². The van der Waals surface area contributed by atoms with E-state index in [0.29, 0.717) is 18.3 Å². The van der Waals surface area contributed by atoms with Crippen molar-refractivity contribution in [1.82, 2.24) is 0 Å². The zero-order valence-corrected chi connectivity index (χ0v) is 13.1. The normalized spacial score (nSPS) is 20.4. The summed E-state index contributed by atoms with van der Waals surface area (Å²) >= 11 is 4.45. The molecule has 3 nitrogen and oxygen atoms in total. The lowest BCUT2D eigenvalue weighted by molar-refractivity contribution is 0.469. The van der Waals surface area contributed by atoms with E-state index in [-0.39, 0.29) is 0 Å².